The molecular formula is C14H19NO2. The van der Waals surface area contributed by atoms with Crippen molar-refractivity contribution in [2.45, 2.75) is 26.3 Å². The Kier molecular flexibility index (Phi) is 3.67. The fourth-order valence-corrected chi connectivity index (χ4v) is 2.15. The molecule has 1 saturated heterocycles. The number of rotatable bonds is 3. The summed E-state index contributed by atoms with van der Waals surface area (Å²) in [4.78, 5) is 13.8. The van der Waals surface area contributed by atoms with Crippen LogP contribution in [0, 0.1) is 5.92 Å². The van der Waals surface area contributed by atoms with E-state index in [2.05, 4.69) is 6.92 Å². The number of methoxy groups -OCH3 is 1. The lowest BCUT2D eigenvalue weighted by molar-refractivity contribution is -0.135. The smallest absolute Gasteiger partial charge is 0.223 e. The standard InChI is InChI=1S/C14H19NO2/c1-11-7-8-15(14(16)9-11)10-12-3-5-13(17-2)6-4-12/h3-6,11H,7-10H2,1-2H3. The van der Waals surface area contributed by atoms with Crippen molar-refractivity contribution in [1.82, 2.24) is 4.90 Å². The summed E-state index contributed by atoms with van der Waals surface area (Å²) in [5.41, 5.74) is 1.16. The molecule has 1 aliphatic heterocycles. The molecule has 0 N–H and O–H groups in total. The van der Waals surface area contributed by atoms with Gasteiger partial charge in [-0.1, -0.05) is 19.1 Å². The second-order valence-corrected chi connectivity index (χ2v) is 4.76. The van der Waals surface area contributed by atoms with Crippen molar-refractivity contribution in [2.24, 2.45) is 5.92 Å². The van der Waals surface area contributed by atoms with Crippen LogP contribution in [0.2, 0.25) is 0 Å². The zero-order chi connectivity index (χ0) is 12.3. The number of nitrogens with zero attached hydrogens (tertiary/aromatic N) is 1. The van der Waals surface area contributed by atoms with Gasteiger partial charge in [-0.05, 0) is 30.0 Å². The van der Waals surface area contributed by atoms with Crippen molar-refractivity contribution in [3.63, 3.8) is 0 Å². The monoisotopic (exact) mass is 233 g/mol. The van der Waals surface area contributed by atoms with E-state index < -0.39 is 0 Å². The number of likely N-dealkylation sites (tertiary alicyclic amines) is 1. The third-order valence-corrected chi connectivity index (χ3v) is 3.30. The van der Waals surface area contributed by atoms with Gasteiger partial charge < -0.3 is 9.64 Å². The normalized spacial score (nSPS) is 20.5. The van der Waals surface area contributed by atoms with E-state index in [1.54, 1.807) is 7.11 Å². The summed E-state index contributed by atoms with van der Waals surface area (Å²) in [6.07, 6.45) is 1.80. The van der Waals surface area contributed by atoms with Gasteiger partial charge in [0.15, 0.2) is 0 Å². The van der Waals surface area contributed by atoms with Gasteiger partial charge in [-0.15, -0.1) is 0 Å². The molecule has 0 spiro atoms. The van der Waals surface area contributed by atoms with Gasteiger partial charge in [0, 0.05) is 19.5 Å². The first-order valence-electron chi connectivity index (χ1n) is 6.09. The van der Waals surface area contributed by atoms with Crippen LogP contribution in [0.15, 0.2) is 24.3 Å². The van der Waals surface area contributed by atoms with Crippen LogP contribution in [0.25, 0.3) is 0 Å². The Bertz CT molecular complexity index is 386. The van der Waals surface area contributed by atoms with Gasteiger partial charge in [-0.3, -0.25) is 4.79 Å². The lowest BCUT2D eigenvalue weighted by atomic mass is 9.98. The van der Waals surface area contributed by atoms with Crippen LogP contribution in [0.5, 0.6) is 5.75 Å². The molecule has 3 heteroatoms. The molecule has 17 heavy (non-hydrogen) atoms. The SMILES string of the molecule is COc1ccc(CN2CCC(C)CC2=O)cc1. The molecule has 0 bridgehead atoms. The van der Waals surface area contributed by atoms with Gasteiger partial charge in [0.1, 0.15) is 5.75 Å². The Balaban J connectivity index is 1.98. The highest BCUT2D eigenvalue weighted by molar-refractivity contribution is 5.77. The number of hydrogen-bond acceptors (Lipinski definition) is 2. The molecule has 0 saturated carbocycles. The van der Waals surface area contributed by atoms with E-state index in [-0.39, 0.29) is 5.91 Å². The number of hydrogen-bond donors (Lipinski definition) is 0. The Labute approximate surface area is 102 Å². The van der Waals surface area contributed by atoms with Gasteiger partial charge in [0.25, 0.3) is 0 Å². The summed E-state index contributed by atoms with van der Waals surface area (Å²) in [6.45, 7) is 3.74. The molecule has 0 aliphatic carbocycles. The number of benzene rings is 1. The number of piperidine rings is 1. The van der Waals surface area contributed by atoms with Crippen molar-refractivity contribution in [3.05, 3.63) is 29.8 Å². The van der Waals surface area contributed by atoms with Gasteiger partial charge in [0.05, 0.1) is 7.11 Å². The average molecular weight is 233 g/mol. The van der Waals surface area contributed by atoms with E-state index in [4.69, 9.17) is 4.74 Å². The van der Waals surface area contributed by atoms with E-state index in [0.717, 1.165) is 30.8 Å². The van der Waals surface area contributed by atoms with E-state index in [1.807, 2.05) is 29.2 Å². The Morgan fingerprint density at radius 3 is 2.65 bits per heavy atom. The first kappa shape index (κ1) is 12.0. The zero-order valence-electron chi connectivity index (χ0n) is 10.5. The molecule has 1 aromatic rings. The number of carbonyl (C=O) groups is 1. The predicted octanol–water partition coefficient (Wildman–Crippen LogP) is 2.45. The Morgan fingerprint density at radius 2 is 2.06 bits per heavy atom. The van der Waals surface area contributed by atoms with E-state index >= 15 is 0 Å². The second kappa shape index (κ2) is 5.21. The summed E-state index contributed by atoms with van der Waals surface area (Å²) in [7, 11) is 1.66. The lowest BCUT2D eigenvalue weighted by Gasteiger charge is -2.30. The fourth-order valence-electron chi connectivity index (χ4n) is 2.15. The molecule has 1 atom stereocenters. The number of ether oxygens (including phenoxy) is 1. The third-order valence-electron chi connectivity index (χ3n) is 3.30. The van der Waals surface area contributed by atoms with Crippen molar-refractivity contribution in [3.8, 4) is 5.75 Å². The molecular weight excluding hydrogens is 214 g/mol. The first-order chi connectivity index (χ1) is 8.19. The van der Waals surface area contributed by atoms with Gasteiger partial charge >= 0.3 is 0 Å². The third kappa shape index (κ3) is 2.99. The summed E-state index contributed by atoms with van der Waals surface area (Å²) < 4.78 is 5.11. The molecule has 2 rings (SSSR count). The first-order valence-corrected chi connectivity index (χ1v) is 6.09. The minimum atomic E-state index is 0.277. The highest BCUT2D eigenvalue weighted by Crippen LogP contribution is 2.20. The zero-order valence-corrected chi connectivity index (χ0v) is 10.5. The maximum atomic E-state index is 11.8. The molecule has 1 fully saturated rings. The quantitative estimate of drug-likeness (QED) is 0.802. The van der Waals surface area contributed by atoms with Crippen LogP contribution in [0.3, 0.4) is 0 Å². The van der Waals surface area contributed by atoms with Crippen LogP contribution >= 0.6 is 0 Å². The summed E-state index contributed by atoms with van der Waals surface area (Å²) in [6, 6.07) is 7.91. The fraction of sp³-hybridized carbons (Fsp3) is 0.500. The van der Waals surface area contributed by atoms with Gasteiger partial charge in [-0.2, -0.15) is 0 Å². The van der Waals surface area contributed by atoms with Crippen LogP contribution in [-0.2, 0) is 11.3 Å². The van der Waals surface area contributed by atoms with Crippen molar-refractivity contribution in [1.29, 1.82) is 0 Å². The number of carbonyl (C=O) groups excluding carboxylic acids is 1. The topological polar surface area (TPSA) is 29.5 Å². The lowest BCUT2D eigenvalue weighted by Crippen LogP contribution is -2.37. The highest BCUT2D eigenvalue weighted by atomic mass is 16.5. The van der Waals surface area contributed by atoms with E-state index in [9.17, 15) is 4.79 Å². The van der Waals surface area contributed by atoms with Crippen LogP contribution in [-0.4, -0.2) is 24.5 Å². The van der Waals surface area contributed by atoms with Crippen molar-refractivity contribution in [2.75, 3.05) is 13.7 Å². The minimum absolute atomic E-state index is 0.277. The molecule has 1 amide bonds. The van der Waals surface area contributed by atoms with E-state index in [0.29, 0.717) is 12.3 Å². The van der Waals surface area contributed by atoms with Crippen LogP contribution < -0.4 is 4.74 Å². The van der Waals surface area contributed by atoms with E-state index in [1.165, 1.54) is 0 Å². The molecule has 0 aromatic heterocycles. The molecule has 1 aromatic carbocycles. The molecule has 1 unspecified atom stereocenters. The van der Waals surface area contributed by atoms with Crippen LogP contribution in [0.1, 0.15) is 25.3 Å². The molecule has 92 valence electrons. The van der Waals surface area contributed by atoms with Gasteiger partial charge in [0.2, 0.25) is 5.91 Å². The number of amides is 1. The summed E-state index contributed by atoms with van der Waals surface area (Å²) in [5, 5.41) is 0. The second-order valence-electron chi connectivity index (χ2n) is 4.76. The maximum Gasteiger partial charge on any atom is 0.223 e. The minimum Gasteiger partial charge on any atom is -0.497 e. The van der Waals surface area contributed by atoms with Crippen LogP contribution in [0.4, 0.5) is 0 Å². The molecule has 3 nitrogen and oxygen atoms in total. The summed E-state index contributed by atoms with van der Waals surface area (Å²) in [5.74, 6) is 1.67. The van der Waals surface area contributed by atoms with Gasteiger partial charge in [-0.25, -0.2) is 0 Å². The molecule has 1 aliphatic rings. The molecule has 0 radical (unpaired) electrons. The van der Waals surface area contributed by atoms with Crippen molar-refractivity contribution >= 4 is 5.91 Å². The Morgan fingerprint density at radius 1 is 1.35 bits per heavy atom. The predicted molar refractivity (Wildman–Crippen MR) is 66.8 cm³/mol. The van der Waals surface area contributed by atoms with Crippen molar-refractivity contribution < 1.29 is 9.53 Å². The average Bonchev–Trinajstić information content (AvgIpc) is 2.34. The highest BCUT2D eigenvalue weighted by Gasteiger charge is 2.22. The largest absolute Gasteiger partial charge is 0.497 e. The summed E-state index contributed by atoms with van der Waals surface area (Å²) >= 11 is 0. The maximum absolute atomic E-state index is 11.8. The Hall–Kier alpha value is -1.51. The molecule has 1 heterocycles.